The van der Waals surface area contributed by atoms with E-state index in [0.717, 1.165) is 12.8 Å². The smallest absolute Gasteiger partial charge is 0.305 e. The zero-order valence-corrected chi connectivity index (χ0v) is 8.70. The first kappa shape index (κ1) is 12.0. The molecular formula is C10H17NO4. The summed E-state index contributed by atoms with van der Waals surface area (Å²) in [6.07, 6.45) is 4.58. The summed E-state index contributed by atoms with van der Waals surface area (Å²) < 4.78 is 5.36. The second-order valence-electron chi connectivity index (χ2n) is 3.71. The Morgan fingerprint density at radius 3 is 2.60 bits per heavy atom. The minimum atomic E-state index is -0.910. The van der Waals surface area contributed by atoms with Crippen LogP contribution in [0.2, 0.25) is 0 Å². The zero-order valence-electron chi connectivity index (χ0n) is 8.70. The summed E-state index contributed by atoms with van der Waals surface area (Å²) in [6.45, 7) is 0.215. The Morgan fingerprint density at radius 1 is 1.33 bits per heavy atom. The van der Waals surface area contributed by atoms with Crippen LogP contribution in [0.4, 0.5) is 0 Å². The predicted octanol–water partition coefficient (Wildman–Crippen LogP) is 0.536. The van der Waals surface area contributed by atoms with Gasteiger partial charge in [-0.3, -0.25) is 9.59 Å². The molecule has 5 nitrogen and oxygen atoms in total. The Labute approximate surface area is 88.8 Å². The Bertz CT molecular complexity index is 223. The zero-order chi connectivity index (χ0) is 11.1. The SMILES string of the molecule is O=C(O)CCNC(=O)COC1CCCC1. The molecule has 0 unspecified atom stereocenters. The Morgan fingerprint density at radius 2 is 2.00 bits per heavy atom. The number of carbonyl (C=O) groups is 2. The van der Waals surface area contributed by atoms with Crippen molar-refractivity contribution in [3.8, 4) is 0 Å². The number of nitrogens with one attached hydrogen (secondary N) is 1. The lowest BCUT2D eigenvalue weighted by molar-refractivity contribution is -0.137. The van der Waals surface area contributed by atoms with Gasteiger partial charge in [0.1, 0.15) is 6.61 Å². The van der Waals surface area contributed by atoms with Gasteiger partial charge >= 0.3 is 5.97 Å². The molecule has 1 aliphatic carbocycles. The van der Waals surface area contributed by atoms with Crippen molar-refractivity contribution in [2.45, 2.75) is 38.2 Å². The molecule has 5 heteroatoms. The number of ether oxygens (including phenoxy) is 1. The maximum absolute atomic E-state index is 11.2. The van der Waals surface area contributed by atoms with Crippen molar-refractivity contribution in [2.75, 3.05) is 13.2 Å². The summed E-state index contributed by atoms with van der Waals surface area (Å²) in [7, 11) is 0. The maximum Gasteiger partial charge on any atom is 0.305 e. The topological polar surface area (TPSA) is 75.6 Å². The average Bonchev–Trinajstić information content (AvgIpc) is 2.66. The lowest BCUT2D eigenvalue weighted by atomic mass is 10.3. The molecule has 0 saturated heterocycles. The standard InChI is InChI=1S/C10H17NO4/c12-9(11-6-5-10(13)14)7-15-8-3-1-2-4-8/h8H,1-7H2,(H,11,12)(H,13,14). The summed E-state index contributed by atoms with van der Waals surface area (Å²) in [5.41, 5.74) is 0. The van der Waals surface area contributed by atoms with Crippen LogP contribution in [0.25, 0.3) is 0 Å². The summed E-state index contributed by atoms with van der Waals surface area (Å²) in [5.74, 6) is -1.14. The van der Waals surface area contributed by atoms with Crippen LogP contribution in [0.3, 0.4) is 0 Å². The lowest BCUT2D eigenvalue weighted by Gasteiger charge is -2.10. The molecule has 1 amide bonds. The van der Waals surface area contributed by atoms with Gasteiger partial charge < -0.3 is 15.2 Å². The van der Waals surface area contributed by atoms with E-state index in [1.807, 2.05) is 0 Å². The van der Waals surface area contributed by atoms with Crippen LogP contribution in [0.1, 0.15) is 32.1 Å². The van der Waals surface area contributed by atoms with Gasteiger partial charge in [-0.05, 0) is 12.8 Å². The highest BCUT2D eigenvalue weighted by atomic mass is 16.5. The molecule has 0 radical (unpaired) electrons. The molecule has 0 bridgehead atoms. The number of rotatable bonds is 6. The summed E-state index contributed by atoms with van der Waals surface area (Å²) in [6, 6.07) is 0. The van der Waals surface area contributed by atoms with Crippen molar-refractivity contribution >= 4 is 11.9 Å². The lowest BCUT2D eigenvalue weighted by Crippen LogP contribution is -2.30. The summed E-state index contributed by atoms with van der Waals surface area (Å²) >= 11 is 0. The van der Waals surface area contributed by atoms with Crippen LogP contribution in [-0.2, 0) is 14.3 Å². The summed E-state index contributed by atoms with van der Waals surface area (Å²) in [5, 5.41) is 10.8. The molecule has 1 aliphatic rings. The monoisotopic (exact) mass is 215 g/mol. The fourth-order valence-corrected chi connectivity index (χ4v) is 1.61. The molecule has 0 atom stereocenters. The van der Waals surface area contributed by atoms with Crippen molar-refractivity contribution in [3.63, 3.8) is 0 Å². The third-order valence-electron chi connectivity index (χ3n) is 2.41. The Hall–Kier alpha value is -1.10. The molecule has 1 saturated carbocycles. The highest BCUT2D eigenvalue weighted by Gasteiger charge is 2.16. The van der Waals surface area contributed by atoms with E-state index in [-0.39, 0.29) is 31.6 Å². The van der Waals surface area contributed by atoms with Gasteiger partial charge in [-0.2, -0.15) is 0 Å². The molecule has 2 N–H and O–H groups in total. The highest BCUT2D eigenvalue weighted by Crippen LogP contribution is 2.20. The molecule has 15 heavy (non-hydrogen) atoms. The maximum atomic E-state index is 11.2. The van der Waals surface area contributed by atoms with E-state index in [4.69, 9.17) is 9.84 Å². The van der Waals surface area contributed by atoms with Gasteiger partial charge in [0.2, 0.25) is 5.91 Å². The second-order valence-corrected chi connectivity index (χ2v) is 3.71. The molecule has 0 heterocycles. The third kappa shape index (κ3) is 5.37. The average molecular weight is 215 g/mol. The first-order chi connectivity index (χ1) is 7.18. The van der Waals surface area contributed by atoms with E-state index >= 15 is 0 Å². The van der Waals surface area contributed by atoms with Crippen LogP contribution in [0.5, 0.6) is 0 Å². The van der Waals surface area contributed by atoms with Gasteiger partial charge in [-0.15, -0.1) is 0 Å². The molecule has 0 aliphatic heterocycles. The molecule has 1 fully saturated rings. The van der Waals surface area contributed by atoms with E-state index in [9.17, 15) is 9.59 Å². The van der Waals surface area contributed by atoms with Crippen molar-refractivity contribution < 1.29 is 19.4 Å². The normalized spacial score (nSPS) is 16.5. The van der Waals surface area contributed by atoms with Gasteiger partial charge in [0.15, 0.2) is 0 Å². The Kier molecular flexibility index (Phi) is 5.10. The van der Waals surface area contributed by atoms with E-state index in [2.05, 4.69) is 5.32 Å². The molecule has 0 aromatic rings. The number of aliphatic carboxylic acids is 1. The largest absolute Gasteiger partial charge is 0.481 e. The van der Waals surface area contributed by atoms with Crippen molar-refractivity contribution in [2.24, 2.45) is 0 Å². The van der Waals surface area contributed by atoms with Gasteiger partial charge in [0.05, 0.1) is 12.5 Å². The van der Waals surface area contributed by atoms with E-state index < -0.39 is 5.97 Å². The highest BCUT2D eigenvalue weighted by molar-refractivity contribution is 5.77. The van der Waals surface area contributed by atoms with Gasteiger partial charge in [0, 0.05) is 6.54 Å². The quantitative estimate of drug-likeness (QED) is 0.678. The van der Waals surface area contributed by atoms with Crippen LogP contribution in [0.15, 0.2) is 0 Å². The Balaban J connectivity index is 2.00. The predicted molar refractivity (Wildman–Crippen MR) is 53.5 cm³/mol. The van der Waals surface area contributed by atoms with E-state index in [1.165, 1.54) is 12.8 Å². The number of carboxylic acids is 1. The van der Waals surface area contributed by atoms with Crippen LogP contribution in [-0.4, -0.2) is 36.2 Å². The number of carboxylic acid groups (broad SMARTS) is 1. The molecule has 0 aromatic heterocycles. The number of amides is 1. The van der Waals surface area contributed by atoms with Crippen molar-refractivity contribution in [3.05, 3.63) is 0 Å². The molecular weight excluding hydrogens is 198 g/mol. The molecule has 1 rings (SSSR count). The number of hydrogen-bond acceptors (Lipinski definition) is 3. The second kappa shape index (κ2) is 6.40. The fraction of sp³-hybridized carbons (Fsp3) is 0.800. The first-order valence-electron chi connectivity index (χ1n) is 5.28. The third-order valence-corrected chi connectivity index (χ3v) is 2.41. The minimum Gasteiger partial charge on any atom is -0.481 e. The fourth-order valence-electron chi connectivity index (χ4n) is 1.61. The van der Waals surface area contributed by atoms with Crippen molar-refractivity contribution in [1.29, 1.82) is 0 Å². The van der Waals surface area contributed by atoms with Crippen LogP contribution < -0.4 is 5.32 Å². The molecule has 0 aromatic carbocycles. The number of carbonyl (C=O) groups excluding carboxylic acids is 1. The van der Waals surface area contributed by atoms with E-state index in [0.29, 0.717) is 0 Å². The molecule has 0 spiro atoms. The van der Waals surface area contributed by atoms with Crippen LogP contribution >= 0.6 is 0 Å². The van der Waals surface area contributed by atoms with Crippen LogP contribution in [0, 0.1) is 0 Å². The first-order valence-corrected chi connectivity index (χ1v) is 5.28. The van der Waals surface area contributed by atoms with Crippen molar-refractivity contribution in [1.82, 2.24) is 5.32 Å². The molecule has 86 valence electrons. The summed E-state index contributed by atoms with van der Waals surface area (Å²) in [4.78, 5) is 21.3. The van der Waals surface area contributed by atoms with Gasteiger partial charge in [0.25, 0.3) is 0 Å². The van der Waals surface area contributed by atoms with E-state index in [1.54, 1.807) is 0 Å². The number of hydrogen-bond donors (Lipinski definition) is 2. The van der Waals surface area contributed by atoms with Gasteiger partial charge in [-0.1, -0.05) is 12.8 Å². The minimum absolute atomic E-state index is 0.0459. The van der Waals surface area contributed by atoms with Gasteiger partial charge in [-0.25, -0.2) is 0 Å².